The second-order valence-corrected chi connectivity index (χ2v) is 2.99. The molecule has 0 atom stereocenters. The van der Waals surface area contributed by atoms with Gasteiger partial charge in [0.25, 0.3) is 0 Å². The molecule has 0 saturated heterocycles. The number of fused-ring (bicyclic) bond motifs is 1. The second kappa shape index (κ2) is 11.3. The summed E-state index contributed by atoms with van der Waals surface area (Å²) in [6.45, 7) is 14.1. The highest BCUT2D eigenvalue weighted by atomic mass is 14.9. The number of aromatic nitrogens is 1. The fourth-order valence-electron chi connectivity index (χ4n) is 1.40. The predicted octanol–water partition coefficient (Wildman–Crippen LogP) is 5.57. The first-order valence-electron chi connectivity index (χ1n) is 6.79. The summed E-state index contributed by atoms with van der Waals surface area (Å²) in [5, 5.41) is 1.33. The molecule has 0 fully saturated rings. The van der Waals surface area contributed by atoms with E-state index in [0.29, 0.717) is 0 Å². The van der Waals surface area contributed by atoms with E-state index in [2.05, 4.69) is 49.0 Å². The first-order valence-corrected chi connectivity index (χ1v) is 6.79. The van der Waals surface area contributed by atoms with Crippen LogP contribution in [-0.2, 0) is 7.05 Å². The average Bonchev–Trinajstić information content (AvgIpc) is 2.78. The number of hydrogen-bond donors (Lipinski definition) is 0. The molecule has 0 aliphatic rings. The molecule has 1 heteroatoms. The summed E-state index contributed by atoms with van der Waals surface area (Å²) in [6, 6.07) is 8.64. The highest BCUT2D eigenvalue weighted by molar-refractivity contribution is 5.80. The lowest BCUT2D eigenvalue weighted by molar-refractivity contribution is 0.969. The van der Waals surface area contributed by atoms with Gasteiger partial charge >= 0.3 is 0 Å². The summed E-state index contributed by atoms with van der Waals surface area (Å²) in [5.74, 6) is 0. The molecule has 0 spiro atoms. The third-order valence-corrected chi connectivity index (χ3v) is 2.04. The highest BCUT2D eigenvalue weighted by Gasteiger charge is 1.95. The molecule has 2 rings (SSSR count). The summed E-state index contributed by atoms with van der Waals surface area (Å²) >= 11 is 0. The van der Waals surface area contributed by atoms with Crippen LogP contribution in [-0.4, -0.2) is 4.57 Å². The maximum Gasteiger partial charge on any atom is 0.0477 e. The van der Waals surface area contributed by atoms with E-state index < -0.39 is 0 Å². The van der Waals surface area contributed by atoms with Crippen LogP contribution in [0.1, 0.15) is 47.1 Å². The van der Waals surface area contributed by atoms with Crippen LogP contribution in [0, 0.1) is 6.92 Å². The Labute approximate surface area is 107 Å². The lowest BCUT2D eigenvalue weighted by Crippen LogP contribution is -1.82. The van der Waals surface area contributed by atoms with Crippen LogP contribution in [0.15, 0.2) is 30.5 Å². The second-order valence-electron chi connectivity index (χ2n) is 2.99. The maximum atomic E-state index is 2.20. The molecule has 0 N–H and O–H groups in total. The first kappa shape index (κ1) is 18.1. The van der Waals surface area contributed by atoms with Crippen molar-refractivity contribution in [2.45, 2.75) is 48.5 Å². The molecule has 0 radical (unpaired) electrons. The largest absolute Gasteiger partial charge is 0.351 e. The van der Waals surface area contributed by atoms with E-state index in [0.717, 1.165) is 0 Å². The fourth-order valence-corrected chi connectivity index (χ4v) is 1.40. The normalized spacial score (nSPS) is 8.00. The van der Waals surface area contributed by atoms with E-state index in [1.165, 1.54) is 16.5 Å². The van der Waals surface area contributed by atoms with Crippen molar-refractivity contribution >= 4 is 10.9 Å². The van der Waals surface area contributed by atoms with E-state index in [1.54, 1.807) is 0 Å². The molecule has 0 saturated carbocycles. The van der Waals surface area contributed by atoms with Crippen LogP contribution in [0.2, 0.25) is 0 Å². The molecule has 1 heterocycles. The number of aryl methyl sites for hydroxylation is 2. The van der Waals surface area contributed by atoms with Crippen LogP contribution in [0.3, 0.4) is 0 Å². The van der Waals surface area contributed by atoms with Crippen molar-refractivity contribution in [1.29, 1.82) is 0 Å². The van der Waals surface area contributed by atoms with Crippen LogP contribution in [0.25, 0.3) is 10.9 Å². The standard InChI is InChI=1S/C10H11N.3C2H6/c1-8-3-4-10-9(7-8)5-6-11(10)2;3*1-2/h3-7H,1-2H3;3*1-2H3. The van der Waals surface area contributed by atoms with Crippen molar-refractivity contribution in [3.63, 3.8) is 0 Å². The van der Waals surface area contributed by atoms with Crippen molar-refractivity contribution in [3.8, 4) is 0 Å². The number of nitrogens with zero attached hydrogens (tertiary/aromatic N) is 1. The van der Waals surface area contributed by atoms with Crippen LogP contribution in [0.5, 0.6) is 0 Å². The molecule has 1 aromatic carbocycles. The fraction of sp³-hybridized carbons (Fsp3) is 0.500. The lowest BCUT2D eigenvalue weighted by Gasteiger charge is -1.95. The van der Waals surface area contributed by atoms with Gasteiger partial charge < -0.3 is 4.57 Å². The molecule has 0 bridgehead atoms. The van der Waals surface area contributed by atoms with Gasteiger partial charge in [0.15, 0.2) is 0 Å². The third kappa shape index (κ3) is 5.58. The zero-order valence-electron chi connectivity index (χ0n) is 12.8. The molecule has 0 unspecified atom stereocenters. The van der Waals surface area contributed by atoms with Crippen LogP contribution < -0.4 is 0 Å². The predicted molar refractivity (Wildman–Crippen MR) is 81.7 cm³/mol. The first-order chi connectivity index (χ1) is 8.27. The van der Waals surface area contributed by atoms with Crippen molar-refractivity contribution in [1.82, 2.24) is 4.57 Å². The van der Waals surface area contributed by atoms with Gasteiger partial charge in [0.2, 0.25) is 0 Å². The number of hydrogen-bond acceptors (Lipinski definition) is 0. The molecule has 0 amide bonds. The van der Waals surface area contributed by atoms with E-state index in [-0.39, 0.29) is 0 Å². The van der Waals surface area contributed by atoms with Gasteiger partial charge in [0.1, 0.15) is 0 Å². The Morgan fingerprint density at radius 1 is 0.824 bits per heavy atom. The van der Waals surface area contributed by atoms with Crippen molar-refractivity contribution in [2.75, 3.05) is 0 Å². The van der Waals surface area contributed by atoms with E-state index in [4.69, 9.17) is 0 Å². The van der Waals surface area contributed by atoms with Gasteiger partial charge in [-0.05, 0) is 30.5 Å². The summed E-state index contributed by atoms with van der Waals surface area (Å²) in [5.41, 5.74) is 2.62. The summed E-state index contributed by atoms with van der Waals surface area (Å²) in [7, 11) is 2.07. The SMILES string of the molecule is CC.CC.CC.Cc1ccc2c(ccn2C)c1. The van der Waals surface area contributed by atoms with Gasteiger partial charge in [0, 0.05) is 18.8 Å². The molecule has 1 aromatic heterocycles. The van der Waals surface area contributed by atoms with Gasteiger partial charge in [-0.2, -0.15) is 0 Å². The molecule has 2 aromatic rings. The van der Waals surface area contributed by atoms with Crippen LogP contribution in [0.4, 0.5) is 0 Å². The van der Waals surface area contributed by atoms with E-state index >= 15 is 0 Å². The Kier molecular flexibility index (Phi) is 12.0. The van der Waals surface area contributed by atoms with Gasteiger partial charge in [-0.1, -0.05) is 53.2 Å². The lowest BCUT2D eigenvalue weighted by atomic mass is 10.2. The number of rotatable bonds is 0. The zero-order chi connectivity index (χ0) is 13.8. The van der Waals surface area contributed by atoms with Gasteiger partial charge in [-0.15, -0.1) is 0 Å². The van der Waals surface area contributed by atoms with Gasteiger partial charge in [-0.25, -0.2) is 0 Å². The Hall–Kier alpha value is -1.24. The molecule has 17 heavy (non-hydrogen) atoms. The average molecular weight is 235 g/mol. The minimum absolute atomic E-state index is 1.30. The molecule has 0 aliphatic carbocycles. The minimum Gasteiger partial charge on any atom is -0.351 e. The Balaban J connectivity index is 0. The number of benzene rings is 1. The zero-order valence-corrected chi connectivity index (χ0v) is 12.8. The summed E-state index contributed by atoms with van der Waals surface area (Å²) in [6.07, 6.45) is 2.09. The molecule has 1 nitrogen and oxygen atoms in total. The topological polar surface area (TPSA) is 4.93 Å². The van der Waals surface area contributed by atoms with Gasteiger partial charge in [0.05, 0.1) is 0 Å². The maximum absolute atomic E-state index is 2.20. The Morgan fingerprint density at radius 2 is 1.35 bits per heavy atom. The van der Waals surface area contributed by atoms with Crippen molar-refractivity contribution < 1.29 is 0 Å². The molecule has 0 aliphatic heterocycles. The third-order valence-electron chi connectivity index (χ3n) is 2.04. The summed E-state index contributed by atoms with van der Waals surface area (Å²) < 4.78 is 2.13. The molecule has 98 valence electrons. The monoisotopic (exact) mass is 235 g/mol. The van der Waals surface area contributed by atoms with Crippen LogP contribution >= 0.6 is 0 Å². The molecular weight excluding hydrogens is 206 g/mol. The highest BCUT2D eigenvalue weighted by Crippen LogP contribution is 2.15. The smallest absolute Gasteiger partial charge is 0.0477 e. The minimum atomic E-state index is 1.30. The Bertz CT molecular complexity index is 385. The quantitative estimate of drug-likeness (QED) is 0.563. The van der Waals surface area contributed by atoms with Crippen molar-refractivity contribution in [3.05, 3.63) is 36.0 Å². The van der Waals surface area contributed by atoms with E-state index in [9.17, 15) is 0 Å². The summed E-state index contributed by atoms with van der Waals surface area (Å²) in [4.78, 5) is 0. The Morgan fingerprint density at radius 3 is 1.88 bits per heavy atom. The molecular formula is C16H29N. The van der Waals surface area contributed by atoms with E-state index in [1.807, 2.05) is 41.5 Å². The van der Waals surface area contributed by atoms with Crippen molar-refractivity contribution in [2.24, 2.45) is 7.05 Å². The van der Waals surface area contributed by atoms with Gasteiger partial charge in [-0.3, -0.25) is 0 Å².